The summed E-state index contributed by atoms with van der Waals surface area (Å²) in [6.45, 7) is 4.35. The summed E-state index contributed by atoms with van der Waals surface area (Å²) < 4.78 is 34.0. The van der Waals surface area contributed by atoms with Crippen LogP contribution in [-0.2, 0) is 31.3 Å². The molecule has 2 aromatic rings. The molecule has 2 saturated carbocycles. The number of benzene rings is 2. The maximum absolute atomic E-state index is 14.2. The van der Waals surface area contributed by atoms with Crippen LogP contribution in [0.1, 0.15) is 104 Å². The maximum atomic E-state index is 14.2. The SMILES string of the molecule is CO[C@H]1/C=C/CCCS(=O)(NC(=O)CCC2CCCC2)=NC(=O)c2ccc3c(c2)N(C[C@@H]2CC[C@H]21)C[C@@]1(CCCc2cc(C)ccc21)CO3. The summed E-state index contributed by atoms with van der Waals surface area (Å²) in [4.78, 5) is 29.4. The second kappa shape index (κ2) is 14.6. The number of aryl methyl sites for hydroxylation is 2. The monoisotopic (exact) mass is 687 g/mol. The highest BCUT2D eigenvalue weighted by atomic mass is 32.2. The number of nitrogens with one attached hydrogen (secondary N) is 1. The lowest BCUT2D eigenvalue weighted by Gasteiger charge is -2.46. The van der Waals surface area contributed by atoms with Gasteiger partial charge in [0.25, 0.3) is 5.91 Å². The number of allylic oxidation sites excluding steroid dienone is 1. The molecule has 2 amide bonds. The Kier molecular flexibility index (Phi) is 10.2. The second-order valence-corrected chi connectivity index (χ2v) is 17.4. The maximum Gasteiger partial charge on any atom is 0.286 e. The van der Waals surface area contributed by atoms with Crippen LogP contribution in [0.15, 0.2) is 52.9 Å². The second-order valence-electron chi connectivity index (χ2n) is 15.4. The van der Waals surface area contributed by atoms with Crippen LogP contribution in [0.2, 0.25) is 0 Å². The summed E-state index contributed by atoms with van der Waals surface area (Å²) in [6.07, 6.45) is 16.7. The first-order chi connectivity index (χ1) is 23.7. The molecule has 3 aliphatic carbocycles. The van der Waals surface area contributed by atoms with E-state index in [4.69, 9.17) is 9.47 Å². The average molecular weight is 688 g/mol. The third-order valence-electron chi connectivity index (χ3n) is 12.0. The van der Waals surface area contributed by atoms with Crippen molar-refractivity contribution in [1.82, 2.24) is 4.72 Å². The van der Waals surface area contributed by atoms with Crippen LogP contribution in [0.4, 0.5) is 5.69 Å². The van der Waals surface area contributed by atoms with Gasteiger partial charge in [0.1, 0.15) is 15.7 Å². The predicted molar refractivity (Wildman–Crippen MR) is 194 cm³/mol. The number of hydrogen-bond acceptors (Lipinski definition) is 6. The Balaban J connectivity index is 1.24. The van der Waals surface area contributed by atoms with Crippen LogP contribution in [0.25, 0.3) is 0 Å². The smallest absolute Gasteiger partial charge is 0.286 e. The topological polar surface area (TPSA) is 97.3 Å². The fourth-order valence-corrected chi connectivity index (χ4v) is 10.8. The van der Waals surface area contributed by atoms with Crippen molar-refractivity contribution in [3.8, 4) is 5.75 Å². The highest BCUT2D eigenvalue weighted by molar-refractivity contribution is 7.92. The van der Waals surface area contributed by atoms with E-state index in [1.54, 1.807) is 13.2 Å². The summed E-state index contributed by atoms with van der Waals surface area (Å²) in [6, 6.07) is 12.4. The first-order valence-corrected chi connectivity index (χ1v) is 20.3. The number of carbonyl (C=O) groups is 2. The Morgan fingerprint density at radius 2 is 1.96 bits per heavy atom. The van der Waals surface area contributed by atoms with Crippen molar-refractivity contribution in [2.75, 3.05) is 37.5 Å². The van der Waals surface area contributed by atoms with Crippen LogP contribution in [0, 0.1) is 24.7 Å². The van der Waals surface area contributed by atoms with Crippen LogP contribution in [0.5, 0.6) is 5.75 Å². The summed E-state index contributed by atoms with van der Waals surface area (Å²) in [7, 11) is -1.53. The number of nitrogens with zero attached hydrogens (tertiary/aromatic N) is 2. The Morgan fingerprint density at radius 1 is 1.10 bits per heavy atom. The molecular formula is C40H53N3O5S. The van der Waals surface area contributed by atoms with Gasteiger partial charge in [0.05, 0.1) is 24.2 Å². The van der Waals surface area contributed by atoms with Gasteiger partial charge in [-0.15, -0.1) is 4.36 Å². The van der Waals surface area contributed by atoms with Crippen LogP contribution in [0.3, 0.4) is 0 Å². The quantitative estimate of drug-likeness (QED) is 0.328. The molecule has 49 heavy (non-hydrogen) atoms. The van der Waals surface area contributed by atoms with Crippen LogP contribution < -0.4 is 14.4 Å². The number of methoxy groups -OCH3 is 1. The van der Waals surface area contributed by atoms with Gasteiger partial charge in [0.2, 0.25) is 5.91 Å². The minimum Gasteiger partial charge on any atom is -0.490 e. The largest absolute Gasteiger partial charge is 0.490 e. The zero-order chi connectivity index (χ0) is 34.0. The molecule has 2 heterocycles. The molecule has 1 N–H and O–H groups in total. The summed E-state index contributed by atoms with van der Waals surface area (Å²) >= 11 is 0. The zero-order valence-electron chi connectivity index (χ0n) is 29.3. The van der Waals surface area contributed by atoms with E-state index in [9.17, 15) is 13.8 Å². The Morgan fingerprint density at radius 3 is 2.76 bits per heavy atom. The number of anilines is 1. The molecule has 5 aliphatic rings. The number of rotatable bonds is 5. The van der Waals surface area contributed by atoms with Crippen molar-refractivity contribution < 1.29 is 23.3 Å². The third-order valence-corrected chi connectivity index (χ3v) is 13.8. The van der Waals surface area contributed by atoms with E-state index in [0.717, 1.165) is 75.9 Å². The Hall–Kier alpha value is -3.17. The first-order valence-electron chi connectivity index (χ1n) is 18.7. The molecule has 264 valence electrons. The molecule has 0 aromatic heterocycles. The van der Waals surface area contributed by atoms with E-state index in [1.807, 2.05) is 12.1 Å². The molecular weight excluding hydrogens is 635 g/mol. The number of ether oxygens (including phenoxy) is 2. The van der Waals surface area contributed by atoms with Gasteiger partial charge in [0, 0.05) is 37.6 Å². The minimum atomic E-state index is -3.32. The van der Waals surface area contributed by atoms with Crippen molar-refractivity contribution in [3.63, 3.8) is 0 Å². The van der Waals surface area contributed by atoms with Crippen molar-refractivity contribution in [2.45, 2.75) is 102 Å². The summed E-state index contributed by atoms with van der Waals surface area (Å²) in [5, 5.41) is 0. The summed E-state index contributed by atoms with van der Waals surface area (Å²) in [5.74, 6) is 1.39. The van der Waals surface area contributed by atoms with Crippen molar-refractivity contribution in [1.29, 1.82) is 0 Å². The van der Waals surface area contributed by atoms with E-state index in [2.05, 4.69) is 51.3 Å². The van der Waals surface area contributed by atoms with Crippen molar-refractivity contribution >= 4 is 27.4 Å². The van der Waals surface area contributed by atoms with Gasteiger partial charge in [-0.05, 0) is 105 Å². The lowest BCUT2D eigenvalue weighted by atomic mass is 9.68. The molecule has 8 nitrogen and oxygen atoms in total. The van der Waals surface area contributed by atoms with E-state index in [-0.39, 0.29) is 23.2 Å². The normalized spacial score (nSPS) is 31.0. The number of fused-ring (bicyclic) bond motifs is 4. The number of hydrogen-bond donors (Lipinski definition) is 1. The molecule has 2 fully saturated rings. The van der Waals surface area contributed by atoms with Gasteiger partial charge < -0.3 is 14.4 Å². The molecule has 1 spiro atoms. The van der Waals surface area contributed by atoms with Crippen molar-refractivity contribution in [3.05, 3.63) is 70.8 Å². The third kappa shape index (κ3) is 7.48. The lowest BCUT2D eigenvalue weighted by Crippen LogP contribution is -2.49. The van der Waals surface area contributed by atoms with Crippen LogP contribution in [-0.4, -0.2) is 54.7 Å². The van der Waals surface area contributed by atoms with E-state index in [0.29, 0.717) is 49.2 Å². The van der Waals surface area contributed by atoms with Gasteiger partial charge in [-0.25, -0.2) is 4.21 Å². The molecule has 9 heteroatoms. The highest BCUT2D eigenvalue weighted by Crippen LogP contribution is 2.47. The average Bonchev–Trinajstić information content (AvgIpc) is 3.55. The van der Waals surface area contributed by atoms with Gasteiger partial charge in [-0.1, -0.05) is 61.6 Å². The fourth-order valence-electron chi connectivity index (χ4n) is 9.14. The number of amides is 2. The molecule has 7 rings (SSSR count). The summed E-state index contributed by atoms with van der Waals surface area (Å²) in [5.41, 5.74) is 5.14. The first kappa shape index (κ1) is 34.3. The molecule has 2 aromatic carbocycles. The molecule has 0 saturated heterocycles. The molecule has 5 atom stereocenters. The van der Waals surface area contributed by atoms with Gasteiger partial charge in [-0.2, -0.15) is 0 Å². The zero-order valence-corrected chi connectivity index (χ0v) is 30.1. The highest BCUT2D eigenvalue weighted by Gasteiger charge is 2.44. The minimum absolute atomic E-state index is 0.000980. The molecule has 2 bridgehead atoms. The fraction of sp³-hybridized carbons (Fsp3) is 0.600. The van der Waals surface area contributed by atoms with Crippen molar-refractivity contribution in [2.24, 2.45) is 22.1 Å². The predicted octanol–water partition coefficient (Wildman–Crippen LogP) is 7.47. The van der Waals surface area contributed by atoms with Gasteiger partial charge >= 0.3 is 0 Å². The van der Waals surface area contributed by atoms with E-state index >= 15 is 0 Å². The Labute approximate surface area is 292 Å². The Bertz CT molecular complexity index is 1710. The molecule has 1 unspecified atom stereocenters. The number of carbonyl (C=O) groups excluding carboxylic acids is 2. The van der Waals surface area contributed by atoms with E-state index in [1.165, 1.54) is 29.5 Å². The van der Waals surface area contributed by atoms with Crippen LogP contribution >= 0.6 is 0 Å². The van der Waals surface area contributed by atoms with Gasteiger partial charge in [0.15, 0.2) is 0 Å². The van der Waals surface area contributed by atoms with Gasteiger partial charge in [-0.3, -0.25) is 14.3 Å². The van der Waals surface area contributed by atoms with E-state index < -0.39 is 15.8 Å². The molecule has 0 radical (unpaired) electrons. The lowest BCUT2D eigenvalue weighted by molar-refractivity contribution is -0.119. The standard InChI is InChI=1S/C40H53N3O5S/c1-28-13-18-34-30(23-28)11-8-21-40(34)26-43-25-32-15-17-33(32)36(47-2)12-4-3-7-22-49(46,41-38(44)20-14-29-9-5-6-10-29)42-39(45)31-16-19-37(48-27-40)35(43)24-31/h4,12-13,16,18-19,23-24,29,32-33,36H,3,5-11,14-15,17,20-22,25-27H2,1-2H3,(H,41,42,44,45,46)/b12-4+/t32-,33+,36-,40-,49?/m0/s1. The molecule has 2 aliphatic heterocycles.